The van der Waals surface area contributed by atoms with Crippen molar-refractivity contribution in [3.63, 3.8) is 0 Å². The fourth-order valence-corrected chi connectivity index (χ4v) is 3.61. The molecule has 20 heavy (non-hydrogen) atoms. The minimum Gasteiger partial charge on any atom is -0.444 e. The maximum atomic E-state index is 12.0. The third-order valence-electron chi connectivity index (χ3n) is 3.47. The molecule has 0 aliphatic heterocycles. The van der Waals surface area contributed by atoms with Crippen LogP contribution in [-0.2, 0) is 13.8 Å². The summed E-state index contributed by atoms with van der Waals surface area (Å²) in [5.41, 5.74) is -0.553. The molecule has 0 saturated heterocycles. The number of ether oxygens (including phenoxy) is 1. The molecule has 1 saturated carbocycles. The van der Waals surface area contributed by atoms with Crippen LogP contribution >= 0.6 is 8.03 Å². The van der Waals surface area contributed by atoms with Crippen LogP contribution in [0.15, 0.2) is 0 Å². The Labute approximate surface area is 122 Å². The quantitative estimate of drug-likeness (QED) is 0.782. The highest BCUT2D eigenvalue weighted by Crippen LogP contribution is 2.36. The van der Waals surface area contributed by atoms with Crippen LogP contribution < -0.4 is 5.32 Å². The molecule has 0 heterocycles. The zero-order chi connectivity index (χ0) is 15.2. The van der Waals surface area contributed by atoms with Gasteiger partial charge < -0.3 is 14.6 Å². The fraction of sp³-hybridized carbons (Fsp3) is 0.929. The summed E-state index contributed by atoms with van der Waals surface area (Å²) in [6.45, 7) is 5.42. The number of amides is 1. The van der Waals surface area contributed by atoms with Gasteiger partial charge in [-0.3, -0.25) is 4.57 Å². The van der Waals surface area contributed by atoms with E-state index in [2.05, 4.69) is 5.32 Å². The van der Waals surface area contributed by atoms with Gasteiger partial charge in [0.05, 0.1) is 0 Å². The van der Waals surface area contributed by atoms with E-state index in [1.54, 1.807) is 0 Å². The molecular weight excluding hydrogens is 277 g/mol. The Bertz CT molecular complexity index is 335. The highest BCUT2D eigenvalue weighted by Gasteiger charge is 2.26. The Kier molecular flexibility index (Phi) is 7.04. The second-order valence-corrected chi connectivity index (χ2v) is 8.20. The molecule has 0 aromatic heterocycles. The third kappa shape index (κ3) is 6.76. The average Bonchev–Trinajstić information content (AvgIpc) is 2.36. The third-order valence-corrected chi connectivity index (χ3v) is 4.82. The molecule has 0 aromatic rings. The van der Waals surface area contributed by atoms with Crippen LogP contribution in [0.2, 0.25) is 0 Å². The van der Waals surface area contributed by atoms with E-state index < -0.39 is 25.5 Å². The molecule has 6 heteroatoms. The van der Waals surface area contributed by atoms with Gasteiger partial charge in [-0.25, -0.2) is 4.79 Å². The Balaban J connectivity index is 2.55. The van der Waals surface area contributed by atoms with Gasteiger partial charge in [0.2, 0.25) is 8.03 Å². The van der Waals surface area contributed by atoms with Crippen LogP contribution in [0.5, 0.6) is 0 Å². The van der Waals surface area contributed by atoms with Crippen molar-refractivity contribution in [3.8, 4) is 0 Å². The first-order chi connectivity index (χ1) is 9.31. The SMILES string of the molecule is CO[PH](=O)[C@H](CC1CCCCC1)NC(=O)OC(C)(C)C. The number of rotatable bonds is 5. The van der Waals surface area contributed by atoms with Crippen molar-refractivity contribution in [3.05, 3.63) is 0 Å². The van der Waals surface area contributed by atoms with Gasteiger partial charge in [-0.15, -0.1) is 0 Å². The molecule has 118 valence electrons. The monoisotopic (exact) mass is 305 g/mol. The van der Waals surface area contributed by atoms with Crippen LogP contribution in [0, 0.1) is 5.92 Å². The molecule has 0 bridgehead atoms. The number of carbonyl (C=O) groups excluding carboxylic acids is 1. The van der Waals surface area contributed by atoms with E-state index in [1.807, 2.05) is 20.8 Å². The van der Waals surface area contributed by atoms with E-state index in [9.17, 15) is 9.36 Å². The van der Waals surface area contributed by atoms with Crippen LogP contribution in [0.1, 0.15) is 59.3 Å². The second-order valence-electron chi connectivity index (χ2n) is 6.46. The van der Waals surface area contributed by atoms with Crippen molar-refractivity contribution in [2.45, 2.75) is 70.7 Å². The maximum Gasteiger partial charge on any atom is 0.408 e. The zero-order valence-corrected chi connectivity index (χ0v) is 14.0. The van der Waals surface area contributed by atoms with E-state index in [0.29, 0.717) is 12.3 Å². The summed E-state index contributed by atoms with van der Waals surface area (Å²) in [4.78, 5) is 11.8. The number of alkyl carbamates (subject to hydrolysis) is 1. The lowest BCUT2D eigenvalue weighted by molar-refractivity contribution is 0.0512. The van der Waals surface area contributed by atoms with Crippen molar-refractivity contribution in [1.82, 2.24) is 5.32 Å². The van der Waals surface area contributed by atoms with E-state index in [0.717, 1.165) is 12.8 Å². The molecule has 1 N–H and O–H groups in total. The molecule has 5 nitrogen and oxygen atoms in total. The van der Waals surface area contributed by atoms with Gasteiger partial charge in [0.25, 0.3) is 0 Å². The van der Waals surface area contributed by atoms with E-state index in [-0.39, 0.29) is 0 Å². The normalized spacial score (nSPS) is 20.2. The van der Waals surface area contributed by atoms with Gasteiger partial charge >= 0.3 is 6.09 Å². The first-order valence-electron chi connectivity index (χ1n) is 7.39. The smallest absolute Gasteiger partial charge is 0.408 e. The van der Waals surface area contributed by atoms with E-state index in [4.69, 9.17) is 9.26 Å². The van der Waals surface area contributed by atoms with Gasteiger partial charge in [-0.2, -0.15) is 0 Å². The van der Waals surface area contributed by atoms with Crippen LogP contribution in [0.3, 0.4) is 0 Å². The summed E-state index contributed by atoms with van der Waals surface area (Å²) in [7, 11) is -0.855. The molecule has 1 rings (SSSR count). The summed E-state index contributed by atoms with van der Waals surface area (Å²) in [5.74, 6) is 0.0933. The Hall–Kier alpha value is -0.540. The molecule has 1 unspecified atom stereocenters. The summed E-state index contributed by atoms with van der Waals surface area (Å²) in [5, 5.41) is 2.72. The number of nitrogens with one attached hydrogen (secondary N) is 1. The van der Waals surface area contributed by atoms with E-state index in [1.165, 1.54) is 26.4 Å². The first kappa shape index (κ1) is 17.5. The highest BCUT2D eigenvalue weighted by atomic mass is 31.1. The lowest BCUT2D eigenvalue weighted by atomic mass is 9.87. The number of carbonyl (C=O) groups is 1. The summed E-state index contributed by atoms with van der Waals surface area (Å²) >= 11 is 0. The molecule has 1 aliphatic rings. The summed E-state index contributed by atoms with van der Waals surface area (Å²) in [6, 6.07) is 0. The second kappa shape index (κ2) is 8.04. The van der Waals surface area contributed by atoms with Crippen LogP contribution in [-0.4, -0.2) is 24.6 Å². The molecule has 0 radical (unpaired) electrons. The van der Waals surface area contributed by atoms with Crippen molar-refractivity contribution in [2.75, 3.05) is 7.11 Å². The van der Waals surface area contributed by atoms with Gasteiger partial charge in [0, 0.05) is 7.11 Å². The molecule has 1 aliphatic carbocycles. The standard InChI is InChI=1S/C14H28NO4P/c1-14(2,3)19-13(16)15-12(20(17)18-4)10-11-8-6-5-7-9-11/h11-12,20H,5-10H2,1-4H3,(H,15,16)/t12-/m1/s1. The average molecular weight is 305 g/mol. The Morgan fingerprint density at radius 1 is 1.30 bits per heavy atom. The van der Waals surface area contributed by atoms with Gasteiger partial charge in [0.1, 0.15) is 11.4 Å². The lowest BCUT2D eigenvalue weighted by Gasteiger charge is -2.27. The molecule has 0 spiro atoms. The fourth-order valence-electron chi connectivity index (χ4n) is 2.56. The van der Waals surface area contributed by atoms with E-state index >= 15 is 0 Å². The van der Waals surface area contributed by atoms with Gasteiger partial charge in [-0.1, -0.05) is 32.1 Å². The predicted molar refractivity (Wildman–Crippen MR) is 80.4 cm³/mol. The first-order valence-corrected chi connectivity index (χ1v) is 8.78. The highest BCUT2D eigenvalue weighted by molar-refractivity contribution is 7.40. The maximum absolute atomic E-state index is 12.0. The van der Waals surface area contributed by atoms with Crippen LogP contribution in [0.25, 0.3) is 0 Å². The van der Waals surface area contributed by atoms with Crippen molar-refractivity contribution >= 4 is 14.1 Å². The molecule has 2 atom stereocenters. The van der Waals surface area contributed by atoms with Crippen molar-refractivity contribution in [2.24, 2.45) is 5.92 Å². The Morgan fingerprint density at radius 2 is 1.90 bits per heavy atom. The predicted octanol–water partition coefficient (Wildman–Crippen LogP) is 3.93. The largest absolute Gasteiger partial charge is 0.444 e. The molecule has 0 aromatic carbocycles. The molecule has 1 fully saturated rings. The lowest BCUT2D eigenvalue weighted by Crippen LogP contribution is -2.38. The minimum absolute atomic E-state index is 0.428. The Morgan fingerprint density at radius 3 is 2.40 bits per heavy atom. The van der Waals surface area contributed by atoms with Crippen molar-refractivity contribution in [1.29, 1.82) is 0 Å². The summed E-state index contributed by atoms with van der Waals surface area (Å²) in [6.07, 6.45) is 6.20. The number of hydrogen-bond donors (Lipinski definition) is 1. The summed E-state index contributed by atoms with van der Waals surface area (Å²) < 4.78 is 22.2. The number of hydrogen-bond acceptors (Lipinski definition) is 4. The zero-order valence-electron chi connectivity index (χ0n) is 13.0. The van der Waals surface area contributed by atoms with Gasteiger partial charge in [0.15, 0.2) is 0 Å². The van der Waals surface area contributed by atoms with Gasteiger partial charge in [-0.05, 0) is 33.1 Å². The minimum atomic E-state index is -2.28. The van der Waals surface area contributed by atoms with Crippen LogP contribution in [0.4, 0.5) is 4.79 Å². The van der Waals surface area contributed by atoms with Crippen molar-refractivity contribution < 1.29 is 18.6 Å². The topological polar surface area (TPSA) is 64.6 Å². The molecule has 1 amide bonds. The molecular formula is C14H28NO4P.